The van der Waals surface area contributed by atoms with Crippen LogP contribution in [0.4, 0.5) is 5.69 Å². The molecule has 0 saturated carbocycles. The third kappa shape index (κ3) is 3.29. The average molecular weight is 320 g/mol. The lowest BCUT2D eigenvalue weighted by Gasteiger charge is -2.06. The Balaban J connectivity index is 2.66. The zero-order valence-corrected chi connectivity index (χ0v) is 10.4. The summed E-state index contributed by atoms with van der Waals surface area (Å²) in [6, 6.07) is 0. The molecule has 0 unspecified atom stereocenters. The van der Waals surface area contributed by atoms with E-state index in [1.807, 2.05) is 0 Å². The number of nitrogens with one attached hydrogen (secondary N) is 1. The van der Waals surface area contributed by atoms with E-state index >= 15 is 0 Å². The second-order valence-corrected chi connectivity index (χ2v) is 4.05. The molecule has 0 bridgehead atoms. The first-order valence-corrected chi connectivity index (χ1v) is 5.43. The highest BCUT2D eigenvalue weighted by atomic mass is 79.9. The Bertz CT molecular complexity index is 351. The number of halogens is 2. The maximum atomic E-state index is 8.44. The van der Waals surface area contributed by atoms with E-state index in [4.69, 9.17) is 5.11 Å². The zero-order valence-electron chi connectivity index (χ0n) is 7.22. The number of hydrogen-bond acceptors (Lipinski definition) is 3. The van der Waals surface area contributed by atoms with Gasteiger partial charge in [-0.1, -0.05) is 11.8 Å². The van der Waals surface area contributed by atoms with Crippen LogP contribution in [-0.4, -0.2) is 23.2 Å². The molecule has 1 heterocycles. The summed E-state index contributed by atoms with van der Waals surface area (Å²) in [6.45, 7) is 0.377. The summed E-state index contributed by atoms with van der Waals surface area (Å²) in [7, 11) is 0. The smallest absolute Gasteiger partial charge is 0.104 e. The van der Waals surface area contributed by atoms with Gasteiger partial charge in [0.2, 0.25) is 0 Å². The second kappa shape index (κ2) is 6.02. The van der Waals surface area contributed by atoms with Crippen LogP contribution in [0.5, 0.6) is 0 Å². The zero-order chi connectivity index (χ0) is 10.4. The number of nitrogens with zero attached hydrogens (tertiary/aromatic N) is 1. The summed E-state index contributed by atoms with van der Waals surface area (Å²) in [5.74, 6) is 5.32. The van der Waals surface area contributed by atoms with Crippen molar-refractivity contribution in [3.05, 3.63) is 21.3 Å². The quantitative estimate of drug-likeness (QED) is 0.820. The van der Waals surface area contributed by atoms with Gasteiger partial charge >= 0.3 is 0 Å². The number of aliphatic hydroxyl groups excluding tert-OH is 1. The van der Waals surface area contributed by atoms with E-state index in [2.05, 4.69) is 54.0 Å². The number of anilines is 1. The monoisotopic (exact) mass is 318 g/mol. The van der Waals surface area contributed by atoms with Gasteiger partial charge in [0, 0.05) is 12.4 Å². The van der Waals surface area contributed by atoms with E-state index in [1.54, 1.807) is 12.4 Å². The van der Waals surface area contributed by atoms with E-state index in [0.29, 0.717) is 6.54 Å². The molecule has 1 aromatic rings. The van der Waals surface area contributed by atoms with Crippen molar-refractivity contribution in [1.82, 2.24) is 4.98 Å². The fraction of sp³-hybridized carbons (Fsp3) is 0.222. The minimum Gasteiger partial charge on any atom is -0.384 e. The van der Waals surface area contributed by atoms with Gasteiger partial charge in [-0.15, -0.1) is 0 Å². The standard InChI is InChI=1S/C9H8Br2N2O/c10-7-5-12-6-8(11)9(7)13-3-1-2-4-14/h5-6,14H,3-4H2,(H,12,13). The highest BCUT2D eigenvalue weighted by Crippen LogP contribution is 2.28. The summed E-state index contributed by atoms with van der Waals surface area (Å²) >= 11 is 6.73. The van der Waals surface area contributed by atoms with Crippen LogP contribution in [0.15, 0.2) is 21.3 Å². The molecule has 0 fully saturated rings. The summed E-state index contributed by atoms with van der Waals surface area (Å²) in [5.41, 5.74) is 0.909. The molecule has 1 rings (SSSR count). The number of pyridine rings is 1. The van der Waals surface area contributed by atoms with Gasteiger partial charge in [-0.05, 0) is 31.9 Å². The molecule has 74 valence electrons. The Kier molecular flexibility index (Phi) is 4.94. The van der Waals surface area contributed by atoms with E-state index in [-0.39, 0.29) is 6.61 Å². The third-order valence-corrected chi connectivity index (χ3v) is 2.61. The Morgan fingerprint density at radius 3 is 2.50 bits per heavy atom. The van der Waals surface area contributed by atoms with E-state index in [1.165, 1.54) is 0 Å². The van der Waals surface area contributed by atoms with Gasteiger partial charge in [-0.25, -0.2) is 0 Å². The topological polar surface area (TPSA) is 45.1 Å². The summed E-state index contributed by atoms with van der Waals surface area (Å²) in [4.78, 5) is 3.98. The van der Waals surface area contributed by atoms with Gasteiger partial charge in [-0.2, -0.15) is 0 Å². The normalized spacial score (nSPS) is 9.07. The van der Waals surface area contributed by atoms with Gasteiger partial charge < -0.3 is 10.4 Å². The maximum Gasteiger partial charge on any atom is 0.104 e. The van der Waals surface area contributed by atoms with Crippen LogP contribution < -0.4 is 5.32 Å². The van der Waals surface area contributed by atoms with Gasteiger partial charge in [0.1, 0.15) is 6.61 Å². The first kappa shape index (κ1) is 11.5. The molecule has 0 saturated heterocycles. The largest absolute Gasteiger partial charge is 0.384 e. The van der Waals surface area contributed by atoms with Crippen molar-refractivity contribution >= 4 is 37.5 Å². The van der Waals surface area contributed by atoms with Crippen molar-refractivity contribution in [3.8, 4) is 11.8 Å². The Morgan fingerprint density at radius 1 is 1.29 bits per heavy atom. The van der Waals surface area contributed by atoms with E-state index in [9.17, 15) is 0 Å². The molecular weight excluding hydrogens is 312 g/mol. The number of aliphatic hydroxyl groups is 1. The minimum atomic E-state index is -0.111. The van der Waals surface area contributed by atoms with Crippen LogP contribution in [0.3, 0.4) is 0 Å². The van der Waals surface area contributed by atoms with E-state index in [0.717, 1.165) is 14.6 Å². The number of hydrogen-bond donors (Lipinski definition) is 2. The molecule has 0 atom stereocenters. The highest BCUT2D eigenvalue weighted by Gasteiger charge is 2.02. The lowest BCUT2D eigenvalue weighted by Crippen LogP contribution is -2.00. The Morgan fingerprint density at radius 2 is 1.93 bits per heavy atom. The van der Waals surface area contributed by atoms with Crippen molar-refractivity contribution in [1.29, 1.82) is 0 Å². The fourth-order valence-electron chi connectivity index (χ4n) is 0.831. The summed E-state index contributed by atoms with van der Waals surface area (Å²) in [6.07, 6.45) is 3.40. The fourth-order valence-corrected chi connectivity index (χ4v) is 2.04. The van der Waals surface area contributed by atoms with Gasteiger partial charge in [0.25, 0.3) is 0 Å². The van der Waals surface area contributed by atoms with Crippen molar-refractivity contribution < 1.29 is 5.11 Å². The molecule has 2 N–H and O–H groups in total. The molecule has 0 aliphatic rings. The predicted molar refractivity (Wildman–Crippen MR) is 63.0 cm³/mol. The Labute approximate surface area is 99.2 Å². The molecule has 0 aliphatic heterocycles. The molecule has 0 aromatic carbocycles. The van der Waals surface area contributed by atoms with Crippen LogP contribution in [0, 0.1) is 11.8 Å². The van der Waals surface area contributed by atoms with Gasteiger partial charge in [-0.3, -0.25) is 4.98 Å². The first-order chi connectivity index (χ1) is 6.75. The summed E-state index contributed by atoms with van der Waals surface area (Å²) < 4.78 is 1.75. The average Bonchev–Trinajstić information content (AvgIpc) is 2.16. The lowest BCUT2D eigenvalue weighted by atomic mass is 10.4. The molecule has 3 nitrogen and oxygen atoms in total. The Hall–Kier alpha value is -0.570. The van der Waals surface area contributed by atoms with Crippen molar-refractivity contribution in [2.24, 2.45) is 0 Å². The van der Waals surface area contributed by atoms with Crippen molar-refractivity contribution in [3.63, 3.8) is 0 Å². The molecule has 0 aliphatic carbocycles. The maximum absolute atomic E-state index is 8.44. The van der Waals surface area contributed by atoms with Crippen LogP contribution in [0.25, 0.3) is 0 Å². The van der Waals surface area contributed by atoms with Crippen molar-refractivity contribution in [2.45, 2.75) is 0 Å². The molecule has 14 heavy (non-hydrogen) atoms. The summed E-state index contributed by atoms with van der Waals surface area (Å²) in [5, 5.41) is 11.5. The van der Waals surface area contributed by atoms with Gasteiger partial charge in [0.05, 0.1) is 21.2 Å². The number of rotatable bonds is 2. The first-order valence-electron chi connectivity index (χ1n) is 3.85. The molecule has 0 spiro atoms. The highest BCUT2D eigenvalue weighted by molar-refractivity contribution is 9.11. The van der Waals surface area contributed by atoms with Gasteiger partial charge in [0.15, 0.2) is 0 Å². The molecular formula is C9H8Br2N2O. The number of aromatic nitrogens is 1. The molecule has 0 amide bonds. The molecule has 1 aromatic heterocycles. The SMILES string of the molecule is OCC#CCNc1c(Br)cncc1Br. The van der Waals surface area contributed by atoms with Crippen LogP contribution in [0.1, 0.15) is 0 Å². The van der Waals surface area contributed by atoms with E-state index < -0.39 is 0 Å². The minimum absolute atomic E-state index is 0.111. The van der Waals surface area contributed by atoms with Crippen LogP contribution in [0.2, 0.25) is 0 Å². The lowest BCUT2D eigenvalue weighted by molar-refractivity contribution is 0.350. The third-order valence-electron chi connectivity index (χ3n) is 1.41. The van der Waals surface area contributed by atoms with Crippen LogP contribution in [-0.2, 0) is 0 Å². The second-order valence-electron chi connectivity index (χ2n) is 2.34. The van der Waals surface area contributed by atoms with Crippen LogP contribution >= 0.6 is 31.9 Å². The molecule has 5 heteroatoms. The van der Waals surface area contributed by atoms with Crippen molar-refractivity contribution in [2.75, 3.05) is 18.5 Å². The molecule has 0 radical (unpaired) electrons. The predicted octanol–water partition coefficient (Wildman–Crippen LogP) is 2.01.